The number of carbonyl (C=O) groups is 1. The smallest absolute Gasteiger partial charge is 0.234 e. The van der Waals surface area contributed by atoms with Crippen molar-refractivity contribution >= 4 is 5.91 Å². The number of nitrogens with one attached hydrogen (secondary N) is 2. The van der Waals surface area contributed by atoms with Crippen molar-refractivity contribution in [2.75, 3.05) is 32.8 Å². The molecule has 4 heteroatoms. The second kappa shape index (κ2) is 11.2. The lowest BCUT2D eigenvalue weighted by atomic mass is 10.4. The van der Waals surface area contributed by atoms with Gasteiger partial charge in [0.15, 0.2) is 0 Å². The van der Waals surface area contributed by atoms with Gasteiger partial charge in [-0.1, -0.05) is 19.4 Å². The molecule has 0 aromatic carbocycles. The molecule has 2 N–H and O–H groups in total. The van der Waals surface area contributed by atoms with Crippen molar-refractivity contribution in [1.82, 2.24) is 10.6 Å². The van der Waals surface area contributed by atoms with Gasteiger partial charge in [-0.3, -0.25) is 4.79 Å². The van der Waals surface area contributed by atoms with Crippen molar-refractivity contribution in [1.29, 1.82) is 0 Å². The maximum Gasteiger partial charge on any atom is 0.234 e. The van der Waals surface area contributed by atoms with Gasteiger partial charge in [-0.25, -0.2) is 0 Å². The predicted molar refractivity (Wildman–Crippen MR) is 61.8 cm³/mol. The Hall–Kier alpha value is -0.870. The molecule has 0 fully saturated rings. The van der Waals surface area contributed by atoms with Crippen molar-refractivity contribution in [2.45, 2.75) is 19.8 Å². The van der Waals surface area contributed by atoms with Gasteiger partial charge in [0, 0.05) is 19.7 Å². The molecule has 0 spiro atoms. The lowest BCUT2D eigenvalue weighted by Gasteiger charge is -2.06. The predicted octanol–water partition coefficient (Wildman–Crippen LogP) is 0.695. The van der Waals surface area contributed by atoms with Crippen molar-refractivity contribution in [3.63, 3.8) is 0 Å². The Morgan fingerprint density at radius 2 is 2.27 bits per heavy atom. The highest BCUT2D eigenvalue weighted by Crippen LogP contribution is 1.86. The SMILES string of the molecule is C=CCNCC(=O)NCCOCCCC. The Morgan fingerprint density at radius 3 is 2.93 bits per heavy atom. The molecule has 0 aromatic heterocycles. The summed E-state index contributed by atoms with van der Waals surface area (Å²) in [6.07, 6.45) is 3.94. The molecular weight excluding hydrogens is 192 g/mol. The Morgan fingerprint density at radius 1 is 1.47 bits per heavy atom. The average molecular weight is 214 g/mol. The summed E-state index contributed by atoms with van der Waals surface area (Å²) in [4.78, 5) is 11.1. The number of amides is 1. The Balaban J connectivity index is 3.13. The molecule has 0 aliphatic carbocycles. The zero-order valence-electron chi connectivity index (χ0n) is 9.55. The molecule has 0 aliphatic heterocycles. The van der Waals surface area contributed by atoms with Gasteiger partial charge in [-0.15, -0.1) is 6.58 Å². The molecule has 0 heterocycles. The fourth-order valence-electron chi connectivity index (χ4n) is 0.961. The van der Waals surface area contributed by atoms with Crippen LogP contribution in [0.15, 0.2) is 12.7 Å². The summed E-state index contributed by atoms with van der Waals surface area (Å²) < 4.78 is 5.30. The highest BCUT2D eigenvalue weighted by molar-refractivity contribution is 5.77. The van der Waals surface area contributed by atoms with Crippen LogP contribution < -0.4 is 10.6 Å². The fourth-order valence-corrected chi connectivity index (χ4v) is 0.961. The highest BCUT2D eigenvalue weighted by Gasteiger charge is 1.97. The number of unbranched alkanes of at least 4 members (excludes halogenated alkanes) is 1. The van der Waals surface area contributed by atoms with Crippen LogP contribution in [-0.4, -0.2) is 38.8 Å². The first-order valence-corrected chi connectivity index (χ1v) is 5.47. The van der Waals surface area contributed by atoms with E-state index in [-0.39, 0.29) is 5.91 Å². The molecule has 0 radical (unpaired) electrons. The van der Waals surface area contributed by atoms with Gasteiger partial charge in [0.2, 0.25) is 5.91 Å². The van der Waals surface area contributed by atoms with E-state index in [1.54, 1.807) is 6.08 Å². The Kier molecular flexibility index (Phi) is 10.6. The van der Waals surface area contributed by atoms with E-state index >= 15 is 0 Å². The number of carbonyl (C=O) groups excluding carboxylic acids is 1. The normalized spacial score (nSPS) is 9.93. The maximum absolute atomic E-state index is 11.1. The van der Waals surface area contributed by atoms with Gasteiger partial charge < -0.3 is 15.4 Å². The average Bonchev–Trinajstić information content (AvgIpc) is 2.23. The van der Waals surface area contributed by atoms with E-state index in [1.807, 2.05) is 0 Å². The minimum absolute atomic E-state index is 0.00376. The maximum atomic E-state index is 11.1. The lowest BCUT2D eigenvalue weighted by Crippen LogP contribution is -2.35. The van der Waals surface area contributed by atoms with Gasteiger partial charge in [-0.2, -0.15) is 0 Å². The molecule has 4 nitrogen and oxygen atoms in total. The minimum atomic E-state index is -0.00376. The van der Waals surface area contributed by atoms with Crippen LogP contribution in [0, 0.1) is 0 Å². The van der Waals surface area contributed by atoms with Crippen LogP contribution in [0.1, 0.15) is 19.8 Å². The van der Waals surface area contributed by atoms with Gasteiger partial charge in [0.05, 0.1) is 13.2 Å². The summed E-state index contributed by atoms with van der Waals surface area (Å²) in [7, 11) is 0. The van der Waals surface area contributed by atoms with Crippen LogP contribution in [0.3, 0.4) is 0 Å². The molecule has 0 atom stereocenters. The molecule has 1 amide bonds. The molecule has 0 saturated heterocycles. The van der Waals surface area contributed by atoms with Crippen molar-refractivity contribution in [2.24, 2.45) is 0 Å². The molecule has 0 rings (SSSR count). The number of hydrogen-bond donors (Lipinski definition) is 2. The summed E-state index contributed by atoms with van der Waals surface area (Å²) in [6.45, 7) is 8.61. The zero-order valence-corrected chi connectivity index (χ0v) is 9.55. The van der Waals surface area contributed by atoms with E-state index in [0.717, 1.165) is 19.4 Å². The van der Waals surface area contributed by atoms with E-state index < -0.39 is 0 Å². The van der Waals surface area contributed by atoms with Crippen molar-refractivity contribution < 1.29 is 9.53 Å². The molecule has 0 saturated carbocycles. The molecule has 88 valence electrons. The first kappa shape index (κ1) is 14.1. The van der Waals surface area contributed by atoms with E-state index in [9.17, 15) is 4.79 Å². The third-order valence-electron chi connectivity index (χ3n) is 1.79. The van der Waals surface area contributed by atoms with Crippen LogP contribution in [0.25, 0.3) is 0 Å². The summed E-state index contributed by atoms with van der Waals surface area (Å²) in [6, 6.07) is 0. The molecular formula is C11H22N2O2. The van der Waals surface area contributed by atoms with Crippen LogP contribution >= 0.6 is 0 Å². The standard InChI is InChI=1S/C11H22N2O2/c1-3-5-8-15-9-7-13-11(14)10-12-6-4-2/h4,12H,2-3,5-10H2,1H3,(H,13,14). The molecule has 0 unspecified atom stereocenters. The van der Waals surface area contributed by atoms with Crippen LogP contribution in [0.5, 0.6) is 0 Å². The second-order valence-corrected chi connectivity index (χ2v) is 3.24. The molecule has 0 bridgehead atoms. The number of rotatable bonds is 10. The van der Waals surface area contributed by atoms with Crippen LogP contribution in [0.2, 0.25) is 0 Å². The van der Waals surface area contributed by atoms with Crippen molar-refractivity contribution in [3.05, 3.63) is 12.7 Å². The van der Waals surface area contributed by atoms with E-state index in [4.69, 9.17) is 4.74 Å². The Labute approximate surface area is 92.1 Å². The quantitative estimate of drug-likeness (QED) is 0.415. The van der Waals surface area contributed by atoms with Crippen molar-refractivity contribution in [3.8, 4) is 0 Å². The van der Waals surface area contributed by atoms with E-state index in [1.165, 1.54) is 0 Å². The van der Waals surface area contributed by atoms with Gasteiger partial charge in [0.1, 0.15) is 0 Å². The molecule has 0 aliphatic rings. The second-order valence-electron chi connectivity index (χ2n) is 3.24. The lowest BCUT2D eigenvalue weighted by molar-refractivity contribution is -0.120. The summed E-state index contributed by atoms with van der Waals surface area (Å²) >= 11 is 0. The minimum Gasteiger partial charge on any atom is -0.380 e. The summed E-state index contributed by atoms with van der Waals surface area (Å²) in [5.74, 6) is -0.00376. The number of hydrogen-bond acceptors (Lipinski definition) is 3. The van der Waals surface area contributed by atoms with E-state index in [0.29, 0.717) is 26.2 Å². The van der Waals surface area contributed by atoms with Crippen LogP contribution in [-0.2, 0) is 9.53 Å². The first-order valence-electron chi connectivity index (χ1n) is 5.47. The molecule has 0 aromatic rings. The first-order chi connectivity index (χ1) is 7.31. The summed E-state index contributed by atoms with van der Waals surface area (Å²) in [5, 5.41) is 5.68. The molecule has 15 heavy (non-hydrogen) atoms. The zero-order chi connectivity index (χ0) is 11.4. The highest BCUT2D eigenvalue weighted by atomic mass is 16.5. The third kappa shape index (κ3) is 11.1. The summed E-state index contributed by atoms with van der Waals surface area (Å²) in [5.41, 5.74) is 0. The third-order valence-corrected chi connectivity index (χ3v) is 1.79. The fraction of sp³-hybridized carbons (Fsp3) is 0.727. The van der Waals surface area contributed by atoms with Gasteiger partial charge >= 0.3 is 0 Å². The Bertz CT molecular complexity index is 172. The largest absolute Gasteiger partial charge is 0.380 e. The van der Waals surface area contributed by atoms with Crippen LogP contribution in [0.4, 0.5) is 0 Å². The van der Waals surface area contributed by atoms with Gasteiger partial charge in [-0.05, 0) is 6.42 Å². The monoisotopic (exact) mass is 214 g/mol. The van der Waals surface area contributed by atoms with E-state index in [2.05, 4.69) is 24.1 Å². The topological polar surface area (TPSA) is 50.4 Å². The number of ether oxygens (including phenoxy) is 1. The van der Waals surface area contributed by atoms with Gasteiger partial charge in [0.25, 0.3) is 0 Å².